The van der Waals surface area contributed by atoms with Crippen LogP contribution >= 0.6 is 0 Å². The van der Waals surface area contributed by atoms with Crippen molar-refractivity contribution < 1.29 is 14.3 Å². The van der Waals surface area contributed by atoms with Crippen molar-refractivity contribution in [3.05, 3.63) is 36.0 Å². The molecule has 1 amide bonds. The summed E-state index contributed by atoms with van der Waals surface area (Å²) in [4.78, 5) is 28.9. The topological polar surface area (TPSA) is 62.4 Å². The third-order valence-corrected chi connectivity index (χ3v) is 3.84. The number of aromatic nitrogens is 1. The second kappa shape index (κ2) is 5.00. The van der Waals surface area contributed by atoms with Gasteiger partial charge in [0, 0.05) is 35.8 Å². The summed E-state index contributed by atoms with van der Waals surface area (Å²) in [6.45, 7) is 1.03. The molecule has 0 bridgehead atoms. The Hall–Kier alpha value is -2.30. The van der Waals surface area contributed by atoms with Crippen molar-refractivity contribution >= 4 is 22.8 Å². The first-order valence-corrected chi connectivity index (χ1v) is 6.64. The van der Waals surface area contributed by atoms with E-state index in [2.05, 4.69) is 4.98 Å². The van der Waals surface area contributed by atoms with Gasteiger partial charge in [-0.3, -0.25) is 9.59 Å². The highest BCUT2D eigenvalue weighted by molar-refractivity contribution is 6.06. The number of hydrogen-bond donors (Lipinski definition) is 1. The summed E-state index contributed by atoms with van der Waals surface area (Å²) < 4.78 is 4.74. The minimum Gasteiger partial charge on any atom is -0.469 e. The molecule has 1 aromatic heterocycles. The molecule has 1 saturated heterocycles. The predicted molar refractivity (Wildman–Crippen MR) is 74.3 cm³/mol. The summed E-state index contributed by atoms with van der Waals surface area (Å²) in [6, 6.07) is 7.52. The summed E-state index contributed by atoms with van der Waals surface area (Å²) >= 11 is 0. The molecule has 1 fully saturated rings. The molecule has 5 heteroatoms. The van der Waals surface area contributed by atoms with Crippen LogP contribution in [0.1, 0.15) is 16.8 Å². The Morgan fingerprint density at radius 2 is 2.20 bits per heavy atom. The molecular formula is C15H16N2O3. The summed E-state index contributed by atoms with van der Waals surface area (Å²) in [6.07, 6.45) is 2.49. The lowest BCUT2D eigenvalue weighted by atomic mass is 10.1. The van der Waals surface area contributed by atoms with E-state index >= 15 is 0 Å². The molecule has 2 heterocycles. The van der Waals surface area contributed by atoms with Gasteiger partial charge in [-0.25, -0.2) is 0 Å². The fraction of sp³-hybridized carbons (Fsp3) is 0.333. The Morgan fingerprint density at radius 1 is 1.35 bits per heavy atom. The van der Waals surface area contributed by atoms with Crippen LogP contribution in [-0.2, 0) is 9.53 Å². The molecule has 1 aromatic carbocycles. The Kier molecular flexibility index (Phi) is 3.18. The molecule has 0 spiro atoms. The molecule has 5 nitrogen and oxygen atoms in total. The maximum absolute atomic E-state index is 12.6. The second-order valence-electron chi connectivity index (χ2n) is 5.00. The van der Waals surface area contributed by atoms with E-state index in [1.54, 1.807) is 4.90 Å². The SMILES string of the molecule is COC(=O)C1CCN(C(=O)c2cccc3[nH]ccc23)C1. The summed E-state index contributed by atoms with van der Waals surface area (Å²) in [7, 11) is 1.38. The average molecular weight is 272 g/mol. The third-order valence-electron chi connectivity index (χ3n) is 3.84. The number of carbonyl (C=O) groups is 2. The first-order valence-electron chi connectivity index (χ1n) is 6.64. The van der Waals surface area contributed by atoms with Crippen LogP contribution in [-0.4, -0.2) is 42.0 Å². The maximum Gasteiger partial charge on any atom is 0.310 e. The van der Waals surface area contributed by atoms with E-state index in [1.807, 2.05) is 30.5 Å². The molecule has 104 valence electrons. The quantitative estimate of drug-likeness (QED) is 0.848. The number of carbonyl (C=O) groups excluding carboxylic acids is 2. The standard InChI is InChI=1S/C15H16N2O3/c1-20-15(19)10-6-8-17(9-10)14(18)12-3-2-4-13-11(12)5-7-16-13/h2-5,7,10,16H,6,8-9H2,1H3. The Morgan fingerprint density at radius 3 is 3.00 bits per heavy atom. The Labute approximate surface area is 116 Å². The van der Waals surface area contributed by atoms with Gasteiger partial charge < -0.3 is 14.6 Å². The Balaban J connectivity index is 1.83. The van der Waals surface area contributed by atoms with Crippen LogP contribution in [0.3, 0.4) is 0 Å². The van der Waals surface area contributed by atoms with Crippen LogP contribution in [0.5, 0.6) is 0 Å². The molecule has 3 rings (SSSR count). The molecule has 1 aliphatic rings. The number of hydrogen-bond acceptors (Lipinski definition) is 3. The van der Waals surface area contributed by atoms with Crippen molar-refractivity contribution in [2.45, 2.75) is 6.42 Å². The summed E-state index contributed by atoms with van der Waals surface area (Å²) in [5.41, 5.74) is 1.62. The van der Waals surface area contributed by atoms with Crippen LogP contribution in [0.4, 0.5) is 0 Å². The molecule has 20 heavy (non-hydrogen) atoms. The number of rotatable bonds is 2. The van der Waals surface area contributed by atoms with E-state index in [-0.39, 0.29) is 17.8 Å². The van der Waals surface area contributed by atoms with E-state index in [9.17, 15) is 9.59 Å². The van der Waals surface area contributed by atoms with E-state index in [0.717, 1.165) is 10.9 Å². The number of likely N-dealkylation sites (tertiary alicyclic amines) is 1. The highest BCUT2D eigenvalue weighted by atomic mass is 16.5. The molecular weight excluding hydrogens is 256 g/mol. The largest absolute Gasteiger partial charge is 0.469 e. The highest BCUT2D eigenvalue weighted by Gasteiger charge is 2.32. The van der Waals surface area contributed by atoms with Gasteiger partial charge in [-0.05, 0) is 24.6 Å². The third kappa shape index (κ3) is 2.05. The zero-order chi connectivity index (χ0) is 14.1. The van der Waals surface area contributed by atoms with Crippen LogP contribution in [0.25, 0.3) is 10.9 Å². The number of methoxy groups -OCH3 is 1. The van der Waals surface area contributed by atoms with Gasteiger partial charge in [0.1, 0.15) is 0 Å². The smallest absolute Gasteiger partial charge is 0.310 e. The van der Waals surface area contributed by atoms with Gasteiger partial charge in [0.15, 0.2) is 0 Å². The normalized spacial score (nSPS) is 18.4. The van der Waals surface area contributed by atoms with E-state index in [0.29, 0.717) is 25.1 Å². The van der Waals surface area contributed by atoms with Gasteiger partial charge in [0.25, 0.3) is 5.91 Å². The number of ether oxygens (including phenoxy) is 1. The molecule has 0 saturated carbocycles. The van der Waals surface area contributed by atoms with Gasteiger partial charge in [-0.2, -0.15) is 0 Å². The first-order chi connectivity index (χ1) is 9.70. The Bertz CT molecular complexity index is 662. The average Bonchev–Trinajstić information content (AvgIpc) is 3.13. The van der Waals surface area contributed by atoms with Crippen molar-refractivity contribution in [3.8, 4) is 0 Å². The van der Waals surface area contributed by atoms with Crippen LogP contribution in [0.2, 0.25) is 0 Å². The lowest BCUT2D eigenvalue weighted by Gasteiger charge is -2.16. The van der Waals surface area contributed by atoms with E-state index in [4.69, 9.17) is 4.74 Å². The van der Waals surface area contributed by atoms with Crippen molar-refractivity contribution in [2.24, 2.45) is 5.92 Å². The molecule has 1 N–H and O–H groups in total. The molecule has 0 radical (unpaired) electrons. The predicted octanol–water partition coefficient (Wildman–Crippen LogP) is 1.80. The fourth-order valence-electron chi connectivity index (χ4n) is 2.75. The minimum absolute atomic E-state index is 0.0263. The lowest BCUT2D eigenvalue weighted by Crippen LogP contribution is -2.30. The van der Waals surface area contributed by atoms with Crippen molar-refractivity contribution in [1.82, 2.24) is 9.88 Å². The molecule has 1 atom stereocenters. The lowest BCUT2D eigenvalue weighted by molar-refractivity contribution is -0.144. The van der Waals surface area contributed by atoms with Gasteiger partial charge in [-0.15, -0.1) is 0 Å². The molecule has 2 aromatic rings. The van der Waals surface area contributed by atoms with Gasteiger partial charge in [0.2, 0.25) is 0 Å². The first kappa shape index (κ1) is 12.7. The molecule has 1 unspecified atom stereocenters. The molecule has 0 aliphatic carbocycles. The number of aromatic amines is 1. The summed E-state index contributed by atoms with van der Waals surface area (Å²) in [5.74, 6) is -0.462. The number of esters is 1. The van der Waals surface area contributed by atoms with Crippen molar-refractivity contribution in [2.75, 3.05) is 20.2 Å². The number of H-pyrrole nitrogens is 1. The van der Waals surface area contributed by atoms with Crippen LogP contribution < -0.4 is 0 Å². The van der Waals surface area contributed by atoms with Crippen LogP contribution in [0, 0.1) is 5.92 Å². The monoisotopic (exact) mass is 272 g/mol. The number of benzene rings is 1. The van der Waals surface area contributed by atoms with E-state index in [1.165, 1.54) is 7.11 Å². The summed E-state index contributed by atoms with van der Waals surface area (Å²) in [5, 5.41) is 0.916. The van der Waals surface area contributed by atoms with Crippen molar-refractivity contribution in [1.29, 1.82) is 0 Å². The fourth-order valence-corrected chi connectivity index (χ4v) is 2.75. The maximum atomic E-state index is 12.6. The van der Waals surface area contributed by atoms with Gasteiger partial charge >= 0.3 is 5.97 Å². The zero-order valence-corrected chi connectivity index (χ0v) is 11.3. The molecule has 1 aliphatic heterocycles. The number of fused-ring (bicyclic) bond motifs is 1. The number of nitrogens with zero attached hydrogens (tertiary/aromatic N) is 1. The second-order valence-corrected chi connectivity index (χ2v) is 5.00. The van der Waals surface area contributed by atoms with Gasteiger partial charge in [0.05, 0.1) is 13.0 Å². The number of amides is 1. The van der Waals surface area contributed by atoms with Gasteiger partial charge in [-0.1, -0.05) is 6.07 Å². The number of nitrogens with one attached hydrogen (secondary N) is 1. The highest BCUT2D eigenvalue weighted by Crippen LogP contribution is 2.23. The zero-order valence-electron chi connectivity index (χ0n) is 11.3. The van der Waals surface area contributed by atoms with Crippen molar-refractivity contribution in [3.63, 3.8) is 0 Å². The minimum atomic E-state index is -0.236. The van der Waals surface area contributed by atoms with E-state index < -0.39 is 0 Å². The van der Waals surface area contributed by atoms with Crippen LogP contribution in [0.15, 0.2) is 30.5 Å².